The maximum atomic E-state index is 12.0. The third-order valence-corrected chi connectivity index (χ3v) is 3.73. The Morgan fingerprint density at radius 3 is 2.74 bits per heavy atom. The Morgan fingerprint density at radius 2 is 2.21 bits per heavy atom. The summed E-state index contributed by atoms with van der Waals surface area (Å²) in [4.78, 5) is 12.0. The summed E-state index contributed by atoms with van der Waals surface area (Å²) in [5, 5.41) is 10.6. The van der Waals surface area contributed by atoms with Gasteiger partial charge in [-0.2, -0.15) is 5.10 Å². The number of piperidine rings is 1. The zero-order valence-corrected chi connectivity index (χ0v) is 12.6. The van der Waals surface area contributed by atoms with Gasteiger partial charge in [0, 0.05) is 24.8 Å². The minimum atomic E-state index is -0.0176. The van der Waals surface area contributed by atoms with Crippen LogP contribution in [0.1, 0.15) is 36.2 Å². The lowest BCUT2D eigenvalue weighted by atomic mass is 10.0. The van der Waals surface area contributed by atoms with Crippen molar-refractivity contribution in [2.75, 3.05) is 6.54 Å². The molecule has 1 atom stereocenters. The van der Waals surface area contributed by atoms with E-state index in [1.165, 1.54) is 6.42 Å². The van der Waals surface area contributed by atoms with Crippen molar-refractivity contribution in [3.63, 3.8) is 0 Å². The fourth-order valence-electron chi connectivity index (χ4n) is 2.45. The van der Waals surface area contributed by atoms with Crippen molar-refractivity contribution in [3.8, 4) is 0 Å². The van der Waals surface area contributed by atoms with Crippen LogP contribution in [0.4, 0.5) is 0 Å². The van der Waals surface area contributed by atoms with Gasteiger partial charge in [-0.15, -0.1) is 12.4 Å². The standard InChI is InChI=1S/C13H22N4O.ClH/c1-9-11(10(2)17(3)16-9)8-15-13(18)12-6-4-5-7-14-12;/h12,14H,4-8H2,1-3H3,(H,15,18);1H/t12-;/m0./s1. The van der Waals surface area contributed by atoms with Crippen LogP contribution in [0.15, 0.2) is 0 Å². The molecular formula is C13H23ClN4O. The van der Waals surface area contributed by atoms with E-state index < -0.39 is 0 Å². The van der Waals surface area contributed by atoms with Gasteiger partial charge in [-0.3, -0.25) is 9.48 Å². The van der Waals surface area contributed by atoms with E-state index in [0.29, 0.717) is 6.54 Å². The van der Waals surface area contributed by atoms with E-state index in [1.54, 1.807) is 0 Å². The zero-order chi connectivity index (χ0) is 13.1. The maximum Gasteiger partial charge on any atom is 0.237 e. The zero-order valence-electron chi connectivity index (χ0n) is 11.8. The quantitative estimate of drug-likeness (QED) is 0.878. The molecule has 0 radical (unpaired) electrons. The molecule has 1 aromatic heterocycles. The van der Waals surface area contributed by atoms with Gasteiger partial charge in [0.15, 0.2) is 0 Å². The fraction of sp³-hybridized carbons (Fsp3) is 0.692. The van der Waals surface area contributed by atoms with Crippen LogP contribution in [-0.2, 0) is 18.4 Å². The molecule has 19 heavy (non-hydrogen) atoms. The van der Waals surface area contributed by atoms with Crippen LogP contribution in [-0.4, -0.2) is 28.3 Å². The predicted molar refractivity (Wildman–Crippen MR) is 77.4 cm³/mol. The normalized spacial score (nSPS) is 18.8. The number of nitrogens with zero attached hydrogens (tertiary/aromatic N) is 2. The van der Waals surface area contributed by atoms with Crippen LogP contribution < -0.4 is 10.6 Å². The molecule has 2 rings (SSSR count). The summed E-state index contributed by atoms with van der Waals surface area (Å²) >= 11 is 0. The van der Waals surface area contributed by atoms with Gasteiger partial charge >= 0.3 is 0 Å². The summed E-state index contributed by atoms with van der Waals surface area (Å²) in [5.74, 6) is 0.109. The number of hydrogen-bond acceptors (Lipinski definition) is 3. The van der Waals surface area contributed by atoms with Crippen molar-refractivity contribution in [2.24, 2.45) is 7.05 Å². The number of aryl methyl sites for hydroxylation is 2. The van der Waals surface area contributed by atoms with Crippen LogP contribution in [0.3, 0.4) is 0 Å². The summed E-state index contributed by atoms with van der Waals surface area (Å²) < 4.78 is 1.86. The third kappa shape index (κ3) is 3.70. The van der Waals surface area contributed by atoms with Gasteiger partial charge in [0.05, 0.1) is 11.7 Å². The Balaban J connectivity index is 0.00000180. The average Bonchev–Trinajstić information content (AvgIpc) is 2.62. The van der Waals surface area contributed by atoms with Gasteiger partial charge < -0.3 is 10.6 Å². The lowest BCUT2D eigenvalue weighted by Gasteiger charge is -2.22. The van der Waals surface area contributed by atoms with E-state index in [0.717, 1.165) is 36.3 Å². The lowest BCUT2D eigenvalue weighted by molar-refractivity contribution is -0.123. The monoisotopic (exact) mass is 286 g/mol. The topological polar surface area (TPSA) is 59.0 Å². The number of rotatable bonds is 3. The van der Waals surface area contributed by atoms with Crippen molar-refractivity contribution in [1.29, 1.82) is 0 Å². The Labute approximate surface area is 120 Å². The number of halogens is 1. The first-order chi connectivity index (χ1) is 8.59. The molecule has 5 nitrogen and oxygen atoms in total. The van der Waals surface area contributed by atoms with Gasteiger partial charge in [-0.25, -0.2) is 0 Å². The molecule has 1 aliphatic heterocycles. The van der Waals surface area contributed by atoms with Gasteiger partial charge in [0.1, 0.15) is 0 Å². The lowest BCUT2D eigenvalue weighted by Crippen LogP contribution is -2.46. The second-order valence-electron chi connectivity index (χ2n) is 4.99. The van der Waals surface area contributed by atoms with Crippen LogP contribution in [0, 0.1) is 13.8 Å². The van der Waals surface area contributed by atoms with Crippen molar-refractivity contribution < 1.29 is 4.79 Å². The molecule has 2 heterocycles. The molecule has 0 bridgehead atoms. The molecule has 1 saturated heterocycles. The molecule has 0 unspecified atom stereocenters. The van der Waals surface area contributed by atoms with E-state index in [9.17, 15) is 4.79 Å². The van der Waals surface area contributed by atoms with Crippen LogP contribution in [0.2, 0.25) is 0 Å². The molecule has 6 heteroatoms. The molecule has 1 fully saturated rings. The number of amides is 1. The summed E-state index contributed by atoms with van der Waals surface area (Å²) in [7, 11) is 1.93. The van der Waals surface area contributed by atoms with Crippen molar-refractivity contribution in [3.05, 3.63) is 17.0 Å². The summed E-state index contributed by atoms with van der Waals surface area (Å²) in [6.07, 6.45) is 3.25. The van der Waals surface area contributed by atoms with E-state index in [1.807, 2.05) is 25.6 Å². The van der Waals surface area contributed by atoms with E-state index >= 15 is 0 Å². The van der Waals surface area contributed by atoms with Crippen LogP contribution in [0.25, 0.3) is 0 Å². The smallest absolute Gasteiger partial charge is 0.237 e. The highest BCUT2D eigenvalue weighted by Gasteiger charge is 2.20. The number of aromatic nitrogens is 2. The number of carbonyl (C=O) groups excluding carboxylic acids is 1. The first-order valence-corrected chi connectivity index (χ1v) is 6.59. The van der Waals surface area contributed by atoms with Gasteiger partial charge in [-0.05, 0) is 33.2 Å². The molecule has 1 aliphatic rings. The van der Waals surface area contributed by atoms with E-state index in [4.69, 9.17) is 0 Å². The second-order valence-corrected chi connectivity index (χ2v) is 4.99. The molecule has 2 N–H and O–H groups in total. The maximum absolute atomic E-state index is 12.0. The highest BCUT2D eigenvalue weighted by Crippen LogP contribution is 2.12. The molecule has 0 saturated carbocycles. The highest BCUT2D eigenvalue weighted by molar-refractivity contribution is 5.85. The molecular weight excluding hydrogens is 264 g/mol. The summed E-state index contributed by atoms with van der Waals surface area (Å²) in [6, 6.07) is -0.0176. The number of hydrogen-bond donors (Lipinski definition) is 2. The minimum Gasteiger partial charge on any atom is -0.351 e. The van der Waals surface area contributed by atoms with Gasteiger partial charge in [0.25, 0.3) is 0 Å². The average molecular weight is 287 g/mol. The van der Waals surface area contributed by atoms with Crippen molar-refractivity contribution >= 4 is 18.3 Å². The minimum absolute atomic E-state index is 0. The first-order valence-electron chi connectivity index (χ1n) is 6.59. The Hall–Kier alpha value is -1.07. The summed E-state index contributed by atoms with van der Waals surface area (Å²) in [5.41, 5.74) is 3.23. The van der Waals surface area contributed by atoms with E-state index in [-0.39, 0.29) is 24.4 Å². The number of nitrogens with one attached hydrogen (secondary N) is 2. The van der Waals surface area contributed by atoms with Crippen LogP contribution >= 0.6 is 12.4 Å². The molecule has 1 aromatic rings. The Kier molecular flexibility index (Phi) is 5.82. The molecule has 0 spiro atoms. The predicted octanol–water partition coefficient (Wildman–Crippen LogP) is 1.22. The van der Waals surface area contributed by atoms with Crippen molar-refractivity contribution in [1.82, 2.24) is 20.4 Å². The Bertz CT molecular complexity index is 438. The third-order valence-electron chi connectivity index (χ3n) is 3.73. The fourth-order valence-corrected chi connectivity index (χ4v) is 2.45. The SMILES string of the molecule is Cc1nn(C)c(C)c1CNC(=O)[C@@H]1CCCCN1.Cl. The van der Waals surface area contributed by atoms with Gasteiger partial charge in [-0.1, -0.05) is 6.42 Å². The second kappa shape index (κ2) is 6.91. The Morgan fingerprint density at radius 1 is 1.47 bits per heavy atom. The molecule has 1 amide bonds. The number of carbonyl (C=O) groups is 1. The van der Waals surface area contributed by atoms with Gasteiger partial charge in [0.2, 0.25) is 5.91 Å². The summed E-state index contributed by atoms with van der Waals surface area (Å²) in [6.45, 7) is 5.53. The van der Waals surface area contributed by atoms with E-state index in [2.05, 4.69) is 15.7 Å². The molecule has 0 aromatic carbocycles. The molecule has 0 aliphatic carbocycles. The first kappa shape index (κ1) is 16.0. The van der Waals surface area contributed by atoms with Crippen molar-refractivity contribution in [2.45, 2.75) is 45.7 Å². The largest absolute Gasteiger partial charge is 0.351 e. The highest BCUT2D eigenvalue weighted by atomic mass is 35.5. The van der Waals surface area contributed by atoms with Crippen LogP contribution in [0.5, 0.6) is 0 Å². The molecule has 108 valence electrons.